The maximum Gasteiger partial charge on any atom is 0.277 e. The lowest BCUT2D eigenvalue weighted by atomic mass is 10.0. The van der Waals surface area contributed by atoms with Crippen LogP contribution in [0.25, 0.3) is 10.9 Å². The molecular weight excluding hydrogens is 362 g/mol. The minimum atomic E-state index is -0.329. The zero-order valence-corrected chi connectivity index (χ0v) is 16.3. The van der Waals surface area contributed by atoms with E-state index in [9.17, 15) is 4.79 Å². The number of rotatable bonds is 6. The molecule has 0 aliphatic heterocycles. The number of hydrogen-bond acceptors (Lipinski definition) is 3. The van der Waals surface area contributed by atoms with Gasteiger partial charge in [0.1, 0.15) is 5.75 Å². The molecule has 27 heavy (non-hydrogen) atoms. The molecule has 0 saturated heterocycles. The highest BCUT2D eigenvalue weighted by Gasteiger charge is 2.12. The Kier molecular flexibility index (Phi) is 5.81. The number of hydrazone groups is 1. The summed E-state index contributed by atoms with van der Waals surface area (Å²) in [4.78, 5) is 15.2. The van der Waals surface area contributed by atoms with Gasteiger partial charge in [-0.15, -0.1) is 0 Å². The monoisotopic (exact) mass is 383 g/mol. The molecule has 0 bridgehead atoms. The highest BCUT2D eigenvalue weighted by Crippen LogP contribution is 2.31. The second kappa shape index (κ2) is 8.27. The number of carbonyl (C=O) groups is 1. The Balaban J connectivity index is 1.59. The van der Waals surface area contributed by atoms with Gasteiger partial charge in [0, 0.05) is 15.9 Å². The number of nitrogens with one attached hydrogen (secondary N) is 2. The SMILES string of the molecule is Cc1cc(OCC(=O)N/N=C/c2cc3ccccc3[nH]2)c(C(C)C)cc1Cl. The third-order valence-corrected chi connectivity index (χ3v) is 4.62. The number of fused-ring (bicyclic) bond motifs is 1. The van der Waals surface area contributed by atoms with Gasteiger partial charge in [0.15, 0.2) is 6.61 Å². The molecular formula is C21H22ClN3O2. The van der Waals surface area contributed by atoms with Gasteiger partial charge in [0.2, 0.25) is 0 Å². The molecule has 5 nitrogen and oxygen atoms in total. The molecule has 3 aromatic rings. The number of benzene rings is 2. The first-order valence-corrected chi connectivity index (χ1v) is 9.14. The van der Waals surface area contributed by atoms with Crippen molar-refractivity contribution in [2.45, 2.75) is 26.7 Å². The molecule has 0 radical (unpaired) electrons. The minimum absolute atomic E-state index is 0.120. The Bertz CT molecular complexity index is 959. The maximum absolute atomic E-state index is 12.0. The summed E-state index contributed by atoms with van der Waals surface area (Å²) in [6.45, 7) is 5.89. The zero-order valence-electron chi connectivity index (χ0n) is 15.5. The molecule has 3 rings (SSSR count). The number of para-hydroxylation sites is 1. The van der Waals surface area contributed by atoms with Crippen LogP contribution in [0.15, 0.2) is 47.6 Å². The molecule has 0 aliphatic rings. The van der Waals surface area contributed by atoms with E-state index in [0.29, 0.717) is 10.8 Å². The number of amides is 1. The third-order valence-electron chi connectivity index (χ3n) is 4.22. The van der Waals surface area contributed by atoms with E-state index >= 15 is 0 Å². The fourth-order valence-electron chi connectivity index (χ4n) is 2.76. The highest BCUT2D eigenvalue weighted by atomic mass is 35.5. The van der Waals surface area contributed by atoms with E-state index in [1.165, 1.54) is 0 Å². The van der Waals surface area contributed by atoms with Crippen molar-refractivity contribution in [1.82, 2.24) is 10.4 Å². The first-order chi connectivity index (χ1) is 12.9. The number of aromatic amines is 1. The lowest BCUT2D eigenvalue weighted by molar-refractivity contribution is -0.123. The van der Waals surface area contributed by atoms with Gasteiger partial charge in [-0.25, -0.2) is 5.43 Å². The van der Waals surface area contributed by atoms with E-state index in [0.717, 1.165) is 27.7 Å². The standard InChI is InChI=1S/C21H22ClN3O2/c1-13(2)17-10-18(22)14(3)8-20(17)27-12-21(26)25-23-11-16-9-15-6-4-5-7-19(15)24-16/h4-11,13,24H,12H2,1-3H3,(H,25,26)/b23-11+. The van der Waals surface area contributed by atoms with Crippen LogP contribution in [0.1, 0.15) is 36.6 Å². The van der Waals surface area contributed by atoms with Crippen molar-refractivity contribution >= 4 is 34.6 Å². The van der Waals surface area contributed by atoms with Crippen molar-refractivity contribution in [1.29, 1.82) is 0 Å². The normalized spacial score (nSPS) is 11.4. The van der Waals surface area contributed by atoms with Crippen LogP contribution in [0.3, 0.4) is 0 Å². The van der Waals surface area contributed by atoms with Gasteiger partial charge >= 0.3 is 0 Å². The number of ether oxygens (including phenoxy) is 1. The third kappa shape index (κ3) is 4.68. The summed E-state index contributed by atoms with van der Waals surface area (Å²) < 4.78 is 5.69. The Morgan fingerprint density at radius 3 is 2.81 bits per heavy atom. The Morgan fingerprint density at radius 2 is 2.07 bits per heavy atom. The van der Waals surface area contributed by atoms with Gasteiger partial charge in [0.05, 0.1) is 11.9 Å². The maximum atomic E-state index is 12.0. The van der Waals surface area contributed by atoms with Crippen molar-refractivity contribution < 1.29 is 9.53 Å². The Hall–Kier alpha value is -2.79. The molecule has 0 saturated carbocycles. The molecule has 1 aromatic heterocycles. The molecule has 0 unspecified atom stereocenters. The second-order valence-corrected chi connectivity index (χ2v) is 7.09. The lowest BCUT2D eigenvalue weighted by Gasteiger charge is -2.15. The number of hydrogen-bond donors (Lipinski definition) is 2. The van der Waals surface area contributed by atoms with Crippen LogP contribution >= 0.6 is 11.6 Å². The van der Waals surface area contributed by atoms with Crippen LogP contribution in [0.4, 0.5) is 0 Å². The number of nitrogens with zero attached hydrogens (tertiary/aromatic N) is 1. The minimum Gasteiger partial charge on any atom is -0.483 e. The number of H-pyrrole nitrogens is 1. The second-order valence-electron chi connectivity index (χ2n) is 6.69. The van der Waals surface area contributed by atoms with Gasteiger partial charge in [-0.3, -0.25) is 4.79 Å². The van der Waals surface area contributed by atoms with Crippen LogP contribution in [-0.2, 0) is 4.79 Å². The summed E-state index contributed by atoms with van der Waals surface area (Å²) in [6.07, 6.45) is 1.57. The van der Waals surface area contributed by atoms with Crippen LogP contribution in [0.2, 0.25) is 5.02 Å². The van der Waals surface area contributed by atoms with Crippen LogP contribution in [-0.4, -0.2) is 23.7 Å². The van der Waals surface area contributed by atoms with Crippen molar-refractivity contribution in [3.63, 3.8) is 0 Å². The molecule has 140 valence electrons. The fourth-order valence-corrected chi connectivity index (χ4v) is 2.93. The van der Waals surface area contributed by atoms with Crippen molar-refractivity contribution in [2.24, 2.45) is 5.10 Å². The molecule has 2 aromatic carbocycles. The summed E-state index contributed by atoms with van der Waals surface area (Å²) in [5.41, 5.74) is 6.20. The van der Waals surface area contributed by atoms with E-state index in [4.69, 9.17) is 16.3 Å². The van der Waals surface area contributed by atoms with Gasteiger partial charge in [-0.2, -0.15) is 5.10 Å². The lowest BCUT2D eigenvalue weighted by Crippen LogP contribution is -2.25. The Labute approximate surface area is 163 Å². The molecule has 1 amide bonds. The quantitative estimate of drug-likeness (QED) is 0.475. The predicted octanol–water partition coefficient (Wildman–Crippen LogP) is 4.78. The average molecular weight is 384 g/mol. The van der Waals surface area contributed by atoms with Crippen LogP contribution in [0, 0.1) is 6.92 Å². The van der Waals surface area contributed by atoms with E-state index in [2.05, 4.69) is 29.4 Å². The number of halogens is 1. The molecule has 1 heterocycles. The highest BCUT2D eigenvalue weighted by molar-refractivity contribution is 6.31. The van der Waals surface area contributed by atoms with Gasteiger partial charge in [-0.1, -0.05) is 43.6 Å². The summed E-state index contributed by atoms with van der Waals surface area (Å²) in [5, 5.41) is 5.77. The fraction of sp³-hybridized carbons (Fsp3) is 0.238. The van der Waals surface area contributed by atoms with Gasteiger partial charge < -0.3 is 9.72 Å². The molecule has 0 aliphatic carbocycles. The van der Waals surface area contributed by atoms with E-state index < -0.39 is 0 Å². The summed E-state index contributed by atoms with van der Waals surface area (Å²) in [6, 6.07) is 13.6. The van der Waals surface area contributed by atoms with Crippen molar-refractivity contribution in [3.8, 4) is 5.75 Å². The molecule has 6 heteroatoms. The molecule has 0 atom stereocenters. The summed E-state index contributed by atoms with van der Waals surface area (Å²) in [5.74, 6) is 0.576. The molecule has 0 spiro atoms. The predicted molar refractivity (Wildman–Crippen MR) is 110 cm³/mol. The van der Waals surface area contributed by atoms with Crippen molar-refractivity contribution in [3.05, 3.63) is 64.3 Å². The number of aryl methyl sites for hydroxylation is 1. The Morgan fingerprint density at radius 1 is 1.30 bits per heavy atom. The van der Waals surface area contributed by atoms with Gasteiger partial charge in [-0.05, 0) is 48.2 Å². The number of aromatic nitrogens is 1. The number of carbonyl (C=O) groups excluding carboxylic acids is 1. The molecule has 2 N–H and O–H groups in total. The summed E-state index contributed by atoms with van der Waals surface area (Å²) >= 11 is 6.19. The van der Waals surface area contributed by atoms with E-state index in [1.54, 1.807) is 6.21 Å². The largest absolute Gasteiger partial charge is 0.483 e. The first-order valence-electron chi connectivity index (χ1n) is 8.76. The zero-order chi connectivity index (χ0) is 19.4. The van der Waals surface area contributed by atoms with E-state index in [1.807, 2.05) is 49.4 Å². The topological polar surface area (TPSA) is 66.5 Å². The van der Waals surface area contributed by atoms with Crippen LogP contribution < -0.4 is 10.2 Å². The van der Waals surface area contributed by atoms with E-state index in [-0.39, 0.29) is 18.4 Å². The first kappa shape index (κ1) is 19.0. The van der Waals surface area contributed by atoms with Crippen LogP contribution in [0.5, 0.6) is 5.75 Å². The van der Waals surface area contributed by atoms with Gasteiger partial charge in [0.25, 0.3) is 5.91 Å². The average Bonchev–Trinajstić information content (AvgIpc) is 3.05. The molecule has 0 fully saturated rings. The smallest absolute Gasteiger partial charge is 0.277 e. The summed E-state index contributed by atoms with van der Waals surface area (Å²) in [7, 11) is 0. The van der Waals surface area contributed by atoms with Crippen molar-refractivity contribution in [2.75, 3.05) is 6.61 Å².